The zero-order valence-electron chi connectivity index (χ0n) is 14.3. The Balaban J connectivity index is 1.44. The molecule has 2 aromatic rings. The lowest BCUT2D eigenvalue weighted by molar-refractivity contribution is -0.169. The van der Waals surface area contributed by atoms with Crippen LogP contribution in [-0.4, -0.2) is 43.0 Å². The fraction of sp³-hybridized carbons (Fsp3) is 0.368. The lowest BCUT2D eigenvalue weighted by Crippen LogP contribution is -2.45. The highest BCUT2D eigenvalue weighted by atomic mass is 35.5. The molecule has 2 aliphatic heterocycles. The third kappa shape index (κ3) is 3.67. The van der Waals surface area contributed by atoms with Crippen LogP contribution in [0.25, 0.3) is 0 Å². The second-order valence-corrected chi connectivity index (χ2v) is 6.89. The molecule has 1 N–H and O–H groups in total. The molecule has 6 nitrogen and oxygen atoms in total. The van der Waals surface area contributed by atoms with Crippen molar-refractivity contribution in [2.24, 2.45) is 0 Å². The van der Waals surface area contributed by atoms with E-state index in [1.54, 1.807) is 30.5 Å². The van der Waals surface area contributed by atoms with Gasteiger partial charge in [0.15, 0.2) is 5.79 Å². The zero-order valence-corrected chi connectivity index (χ0v) is 15.0. The summed E-state index contributed by atoms with van der Waals surface area (Å²) in [6.45, 7) is 2.98. The molecule has 0 bridgehead atoms. The fourth-order valence-corrected chi connectivity index (χ4v) is 3.58. The molecular formula is C19H20ClN3O3. The second kappa shape index (κ2) is 7.23. The number of amides is 1. The molecule has 1 aromatic heterocycles. The van der Waals surface area contributed by atoms with Crippen molar-refractivity contribution in [3.8, 4) is 0 Å². The van der Waals surface area contributed by atoms with Crippen LogP contribution in [0.3, 0.4) is 0 Å². The number of hydrogen-bond donors (Lipinski definition) is 1. The van der Waals surface area contributed by atoms with E-state index in [-0.39, 0.29) is 5.91 Å². The van der Waals surface area contributed by atoms with E-state index in [4.69, 9.17) is 21.1 Å². The van der Waals surface area contributed by atoms with Crippen LogP contribution in [-0.2, 0) is 9.47 Å². The minimum absolute atomic E-state index is 0.259. The van der Waals surface area contributed by atoms with Gasteiger partial charge in [-0.3, -0.25) is 9.78 Å². The van der Waals surface area contributed by atoms with Gasteiger partial charge in [-0.15, -0.1) is 0 Å². The van der Waals surface area contributed by atoms with Crippen LogP contribution in [0.15, 0.2) is 42.6 Å². The van der Waals surface area contributed by atoms with Gasteiger partial charge in [0, 0.05) is 48.5 Å². The van der Waals surface area contributed by atoms with Gasteiger partial charge in [0.1, 0.15) is 5.69 Å². The zero-order chi connectivity index (χ0) is 18.0. The van der Waals surface area contributed by atoms with Gasteiger partial charge in [0.05, 0.1) is 13.2 Å². The van der Waals surface area contributed by atoms with E-state index >= 15 is 0 Å². The number of carbonyl (C=O) groups excluding carboxylic acids is 1. The number of halogens is 1. The molecule has 2 fully saturated rings. The number of aromatic nitrogens is 1. The highest BCUT2D eigenvalue weighted by molar-refractivity contribution is 6.30. The Hall–Kier alpha value is -2.15. The van der Waals surface area contributed by atoms with Gasteiger partial charge < -0.3 is 19.7 Å². The largest absolute Gasteiger partial charge is 0.371 e. The molecule has 136 valence electrons. The average molecular weight is 374 g/mol. The summed E-state index contributed by atoms with van der Waals surface area (Å²) in [6.07, 6.45) is 3.30. The van der Waals surface area contributed by atoms with E-state index in [0.29, 0.717) is 29.6 Å². The van der Waals surface area contributed by atoms with Gasteiger partial charge in [-0.2, -0.15) is 0 Å². The Morgan fingerprint density at radius 1 is 1.15 bits per heavy atom. The molecule has 1 amide bonds. The maximum Gasteiger partial charge on any atom is 0.274 e. The summed E-state index contributed by atoms with van der Waals surface area (Å²) in [4.78, 5) is 18.9. The van der Waals surface area contributed by atoms with E-state index in [9.17, 15) is 4.79 Å². The van der Waals surface area contributed by atoms with E-state index < -0.39 is 5.79 Å². The van der Waals surface area contributed by atoms with Gasteiger partial charge >= 0.3 is 0 Å². The number of nitrogens with one attached hydrogen (secondary N) is 1. The van der Waals surface area contributed by atoms with Crippen LogP contribution < -0.4 is 10.2 Å². The summed E-state index contributed by atoms with van der Waals surface area (Å²) in [5.74, 6) is -0.666. The molecular weight excluding hydrogens is 354 g/mol. The Kier molecular flexibility index (Phi) is 4.80. The highest BCUT2D eigenvalue weighted by Gasteiger charge is 2.39. The van der Waals surface area contributed by atoms with Crippen molar-refractivity contribution in [1.29, 1.82) is 0 Å². The van der Waals surface area contributed by atoms with Crippen molar-refractivity contribution in [1.82, 2.24) is 4.98 Å². The van der Waals surface area contributed by atoms with Gasteiger partial charge in [-0.05, 0) is 30.3 Å². The molecule has 0 aliphatic carbocycles. The summed E-state index contributed by atoms with van der Waals surface area (Å²) in [7, 11) is 0. The molecule has 0 unspecified atom stereocenters. The van der Waals surface area contributed by atoms with Crippen molar-refractivity contribution < 1.29 is 14.3 Å². The van der Waals surface area contributed by atoms with E-state index in [1.165, 1.54) is 0 Å². The molecule has 26 heavy (non-hydrogen) atoms. The van der Waals surface area contributed by atoms with Gasteiger partial charge in [-0.1, -0.05) is 17.7 Å². The predicted molar refractivity (Wildman–Crippen MR) is 99.7 cm³/mol. The minimum atomic E-state index is -0.406. The average Bonchev–Trinajstić information content (AvgIpc) is 3.10. The quantitative estimate of drug-likeness (QED) is 0.894. The lowest BCUT2D eigenvalue weighted by atomic mass is 10.0. The Morgan fingerprint density at radius 3 is 2.65 bits per heavy atom. The Bertz CT molecular complexity index is 798. The summed E-state index contributed by atoms with van der Waals surface area (Å²) in [6, 6.07) is 10.8. The van der Waals surface area contributed by atoms with Crippen LogP contribution in [0.1, 0.15) is 23.3 Å². The third-order valence-electron chi connectivity index (χ3n) is 4.76. The smallest absolute Gasteiger partial charge is 0.274 e. The van der Waals surface area contributed by atoms with Crippen molar-refractivity contribution in [2.45, 2.75) is 18.6 Å². The van der Waals surface area contributed by atoms with Crippen LogP contribution in [0.2, 0.25) is 5.02 Å². The normalized spacial score (nSPS) is 18.9. The highest BCUT2D eigenvalue weighted by Crippen LogP contribution is 2.33. The number of piperidine rings is 1. The monoisotopic (exact) mass is 373 g/mol. The van der Waals surface area contributed by atoms with Crippen molar-refractivity contribution in [2.75, 3.05) is 36.5 Å². The number of rotatable bonds is 3. The molecule has 0 saturated carbocycles. The Morgan fingerprint density at radius 2 is 1.92 bits per heavy atom. The SMILES string of the molecule is O=C(Nc1cccc(Cl)c1)c1cc(N2CCC3(CC2)OCCO3)ccn1. The molecule has 4 rings (SSSR count). The molecule has 3 heterocycles. The maximum absolute atomic E-state index is 12.5. The number of anilines is 2. The predicted octanol–water partition coefficient (Wildman–Crippen LogP) is 3.33. The molecule has 2 aliphatic rings. The standard InChI is InChI=1S/C19H20ClN3O3/c20-14-2-1-3-15(12-14)22-18(24)17-13-16(4-7-21-17)23-8-5-19(6-9-23)25-10-11-26-19/h1-4,7,12-13H,5-6,8-11H2,(H,22,24). The maximum atomic E-state index is 12.5. The fourth-order valence-electron chi connectivity index (χ4n) is 3.39. The molecule has 1 aromatic carbocycles. The van der Waals surface area contributed by atoms with E-state index in [1.807, 2.05) is 12.1 Å². The molecule has 0 atom stereocenters. The molecule has 1 spiro atoms. The van der Waals surface area contributed by atoms with Crippen LogP contribution in [0, 0.1) is 0 Å². The number of carbonyl (C=O) groups is 1. The first-order chi connectivity index (χ1) is 12.6. The van der Waals surface area contributed by atoms with Crippen LogP contribution in [0.4, 0.5) is 11.4 Å². The summed E-state index contributed by atoms with van der Waals surface area (Å²) >= 11 is 5.96. The summed E-state index contributed by atoms with van der Waals surface area (Å²) in [5, 5.41) is 3.40. The number of benzene rings is 1. The number of hydrogen-bond acceptors (Lipinski definition) is 5. The number of ether oxygens (including phenoxy) is 2. The first-order valence-electron chi connectivity index (χ1n) is 8.69. The minimum Gasteiger partial charge on any atom is -0.371 e. The van der Waals surface area contributed by atoms with Gasteiger partial charge in [-0.25, -0.2) is 0 Å². The molecule has 2 saturated heterocycles. The summed E-state index contributed by atoms with van der Waals surface area (Å²) in [5.41, 5.74) is 1.99. The van der Waals surface area contributed by atoms with Crippen LogP contribution >= 0.6 is 11.6 Å². The second-order valence-electron chi connectivity index (χ2n) is 6.46. The van der Waals surface area contributed by atoms with E-state index in [2.05, 4.69) is 15.2 Å². The van der Waals surface area contributed by atoms with Crippen molar-refractivity contribution in [3.05, 3.63) is 53.3 Å². The summed E-state index contributed by atoms with van der Waals surface area (Å²) < 4.78 is 11.5. The van der Waals surface area contributed by atoms with Crippen molar-refractivity contribution >= 4 is 28.9 Å². The topological polar surface area (TPSA) is 63.7 Å². The first kappa shape index (κ1) is 17.3. The number of nitrogens with zero attached hydrogens (tertiary/aromatic N) is 2. The Labute approximate surface area is 157 Å². The lowest BCUT2D eigenvalue weighted by Gasteiger charge is -2.38. The van der Waals surface area contributed by atoms with Gasteiger partial charge in [0.2, 0.25) is 0 Å². The third-order valence-corrected chi connectivity index (χ3v) is 5.00. The first-order valence-corrected chi connectivity index (χ1v) is 9.07. The van der Waals surface area contributed by atoms with E-state index in [0.717, 1.165) is 31.6 Å². The van der Waals surface area contributed by atoms with Crippen molar-refractivity contribution in [3.63, 3.8) is 0 Å². The molecule has 7 heteroatoms. The van der Waals surface area contributed by atoms with Crippen LogP contribution in [0.5, 0.6) is 0 Å². The number of pyridine rings is 1. The van der Waals surface area contributed by atoms with Gasteiger partial charge in [0.25, 0.3) is 5.91 Å². The molecule has 0 radical (unpaired) electrons.